The Morgan fingerprint density at radius 1 is 1.00 bits per heavy atom. The van der Waals surface area contributed by atoms with Gasteiger partial charge in [0.05, 0.1) is 12.7 Å². The lowest BCUT2D eigenvalue weighted by Crippen LogP contribution is -2.42. The molecule has 2 N–H and O–H groups in total. The van der Waals surface area contributed by atoms with Crippen LogP contribution in [0.2, 0.25) is 0 Å². The highest BCUT2D eigenvalue weighted by Crippen LogP contribution is 2.26. The summed E-state index contributed by atoms with van der Waals surface area (Å²) in [6, 6.07) is 23.3. The second-order valence-corrected chi connectivity index (χ2v) is 7.43. The molecule has 3 aromatic carbocycles. The van der Waals surface area contributed by atoms with E-state index in [0.717, 1.165) is 16.7 Å². The van der Waals surface area contributed by atoms with E-state index in [1.54, 1.807) is 23.9 Å². The molecule has 0 radical (unpaired) electrons. The van der Waals surface area contributed by atoms with Gasteiger partial charge in [-0.15, -0.1) is 10.1 Å². The van der Waals surface area contributed by atoms with Crippen LogP contribution in [0.25, 0.3) is 0 Å². The van der Waals surface area contributed by atoms with E-state index in [0.29, 0.717) is 11.3 Å². The molecular formula is C25H24N3O3+. The van der Waals surface area contributed by atoms with Crippen LogP contribution in [0.3, 0.4) is 0 Å². The summed E-state index contributed by atoms with van der Waals surface area (Å²) in [4.78, 5) is 25.8. The van der Waals surface area contributed by atoms with Crippen LogP contribution in [0.1, 0.15) is 33.1 Å². The Morgan fingerprint density at radius 3 is 2.39 bits per heavy atom. The van der Waals surface area contributed by atoms with Crippen LogP contribution >= 0.6 is 0 Å². The molecule has 1 aliphatic heterocycles. The molecule has 6 heteroatoms. The molecule has 0 saturated carbocycles. The molecule has 1 saturated heterocycles. The summed E-state index contributed by atoms with van der Waals surface area (Å²) in [6.45, 7) is 1.96. The van der Waals surface area contributed by atoms with Gasteiger partial charge in [0, 0.05) is 11.1 Å². The van der Waals surface area contributed by atoms with Crippen molar-refractivity contribution in [3.63, 3.8) is 0 Å². The maximum absolute atomic E-state index is 12.9. The third kappa shape index (κ3) is 4.33. The lowest BCUT2D eigenvalue weighted by atomic mass is 9.99. The quantitative estimate of drug-likeness (QED) is 0.631. The van der Waals surface area contributed by atoms with Crippen LogP contribution in [0, 0.1) is 6.92 Å². The number of benzene rings is 3. The summed E-state index contributed by atoms with van der Waals surface area (Å²) in [6.07, 6.45) is 1.83. The van der Waals surface area contributed by atoms with Crippen LogP contribution in [0.5, 0.6) is 5.75 Å². The molecule has 0 aromatic heterocycles. The summed E-state index contributed by atoms with van der Waals surface area (Å²) in [5, 5.41) is 2.91. The average molecular weight is 414 g/mol. The lowest BCUT2D eigenvalue weighted by Gasteiger charge is -2.15. The molecule has 2 amide bonds. The molecule has 1 fully saturated rings. The van der Waals surface area contributed by atoms with Crippen LogP contribution in [0.4, 0.5) is 0 Å². The Balaban J connectivity index is 1.71. The van der Waals surface area contributed by atoms with Crippen LogP contribution in [-0.2, 0) is 4.79 Å². The van der Waals surface area contributed by atoms with Gasteiger partial charge in [0.25, 0.3) is 5.91 Å². The predicted octanol–water partition coefficient (Wildman–Crippen LogP) is 3.02. The van der Waals surface area contributed by atoms with Crippen molar-refractivity contribution in [2.75, 3.05) is 7.11 Å². The van der Waals surface area contributed by atoms with Crippen molar-refractivity contribution in [1.29, 1.82) is 0 Å². The van der Waals surface area contributed by atoms with Crippen molar-refractivity contribution in [1.82, 2.24) is 10.7 Å². The number of carbonyl (C=O) groups excluding carboxylic acids is 2. The number of rotatable bonds is 5. The van der Waals surface area contributed by atoms with Crippen molar-refractivity contribution in [3.05, 3.63) is 101 Å². The molecule has 0 aliphatic carbocycles. The summed E-state index contributed by atoms with van der Waals surface area (Å²) >= 11 is 0. The fourth-order valence-corrected chi connectivity index (χ4v) is 3.68. The van der Waals surface area contributed by atoms with Crippen LogP contribution in [-0.4, -0.2) is 35.9 Å². The second-order valence-electron chi connectivity index (χ2n) is 7.43. The number of hydrogen-bond acceptors (Lipinski definition) is 3. The molecule has 2 atom stereocenters. The van der Waals surface area contributed by atoms with Gasteiger partial charge in [0.1, 0.15) is 5.75 Å². The number of hydrazine groups is 1. The molecule has 0 spiro atoms. The normalized spacial score (nSPS) is 19.2. The number of methoxy groups -OCH3 is 1. The van der Waals surface area contributed by atoms with E-state index >= 15 is 0 Å². The minimum Gasteiger partial charge on any atom is -0.496 e. The van der Waals surface area contributed by atoms with Crippen molar-refractivity contribution in [2.45, 2.75) is 19.0 Å². The second kappa shape index (κ2) is 8.83. The van der Waals surface area contributed by atoms with Crippen LogP contribution < -0.4 is 15.5 Å². The highest BCUT2D eigenvalue weighted by atomic mass is 16.5. The van der Waals surface area contributed by atoms with Gasteiger partial charge in [0.15, 0.2) is 6.04 Å². The van der Waals surface area contributed by atoms with E-state index in [2.05, 4.69) is 10.7 Å². The Morgan fingerprint density at radius 2 is 1.68 bits per heavy atom. The largest absolute Gasteiger partial charge is 0.496 e. The summed E-state index contributed by atoms with van der Waals surface area (Å²) in [5.74, 6) is 0.122. The van der Waals surface area contributed by atoms with E-state index < -0.39 is 12.1 Å². The zero-order chi connectivity index (χ0) is 21.8. The number of carbonyl (C=O) groups is 2. The molecule has 156 valence electrons. The number of para-hydroxylation sites is 1. The van der Waals surface area contributed by atoms with Gasteiger partial charge in [-0.05, 0) is 31.2 Å². The van der Waals surface area contributed by atoms with Gasteiger partial charge in [-0.3, -0.25) is 9.59 Å². The molecule has 31 heavy (non-hydrogen) atoms. The molecule has 1 heterocycles. The minimum atomic E-state index is -0.762. The molecule has 6 nitrogen and oxygen atoms in total. The first kappa shape index (κ1) is 20.3. The highest BCUT2D eigenvalue weighted by Gasteiger charge is 2.47. The van der Waals surface area contributed by atoms with Gasteiger partial charge in [-0.2, -0.15) is 0 Å². The number of ether oxygens (including phenoxy) is 1. The van der Waals surface area contributed by atoms with E-state index in [1.807, 2.05) is 79.9 Å². The number of hydrogen-bond donors (Lipinski definition) is 2. The Kier molecular flexibility index (Phi) is 5.80. The maximum atomic E-state index is 12.9. The van der Waals surface area contributed by atoms with Crippen molar-refractivity contribution < 1.29 is 19.0 Å². The lowest BCUT2D eigenvalue weighted by molar-refractivity contribution is -0.596. The maximum Gasteiger partial charge on any atom is 0.304 e. The summed E-state index contributed by atoms with van der Waals surface area (Å²) in [5.41, 5.74) is 6.18. The van der Waals surface area contributed by atoms with E-state index in [-0.39, 0.29) is 11.8 Å². The minimum absolute atomic E-state index is 0.277. The van der Waals surface area contributed by atoms with Crippen LogP contribution in [0.15, 0.2) is 78.9 Å². The van der Waals surface area contributed by atoms with Crippen molar-refractivity contribution in [2.24, 2.45) is 0 Å². The summed E-state index contributed by atoms with van der Waals surface area (Å²) < 4.78 is 7.17. The van der Waals surface area contributed by atoms with E-state index in [1.165, 1.54) is 0 Å². The zero-order valence-corrected chi connectivity index (χ0v) is 17.4. The first-order chi connectivity index (χ1) is 15.1. The topological polar surface area (TPSA) is 70.4 Å². The SMILES string of the molecule is COc1ccccc1/C=[N+]1\NC(=O)[C@@H](NC(=O)c2ccc(C)cc2)[C@@H]1c1ccccc1. The smallest absolute Gasteiger partial charge is 0.304 e. The molecule has 0 unspecified atom stereocenters. The van der Waals surface area contributed by atoms with Gasteiger partial charge >= 0.3 is 5.91 Å². The van der Waals surface area contributed by atoms with Gasteiger partial charge in [-0.1, -0.05) is 60.2 Å². The predicted molar refractivity (Wildman–Crippen MR) is 118 cm³/mol. The van der Waals surface area contributed by atoms with Gasteiger partial charge < -0.3 is 10.1 Å². The van der Waals surface area contributed by atoms with Gasteiger partial charge in [-0.25, -0.2) is 0 Å². The average Bonchev–Trinajstić information content (AvgIpc) is 3.09. The molecule has 0 bridgehead atoms. The third-order valence-electron chi connectivity index (χ3n) is 5.30. The Labute approximate surface area is 181 Å². The number of amides is 2. The number of nitrogens with zero attached hydrogens (tertiary/aromatic N) is 1. The molecular weight excluding hydrogens is 390 g/mol. The first-order valence-corrected chi connectivity index (χ1v) is 10.1. The fourth-order valence-electron chi connectivity index (χ4n) is 3.68. The Bertz CT molecular complexity index is 1120. The number of nitrogens with one attached hydrogen (secondary N) is 2. The fraction of sp³-hybridized carbons (Fsp3) is 0.160. The van der Waals surface area contributed by atoms with E-state index in [4.69, 9.17) is 4.74 Å². The molecule has 3 aromatic rings. The monoisotopic (exact) mass is 414 g/mol. The van der Waals surface area contributed by atoms with Gasteiger partial charge in [0.2, 0.25) is 12.3 Å². The first-order valence-electron chi connectivity index (χ1n) is 10.1. The summed E-state index contributed by atoms with van der Waals surface area (Å²) in [7, 11) is 1.61. The standard InChI is InChI=1S/C25H23N3O3/c1-17-12-14-19(15-13-17)24(29)26-22-23(18-8-4-3-5-9-18)28(27-25(22)30)16-20-10-6-7-11-21(20)31-2/h3-16,22-23H,1-2H3,(H-,26,27,29,30)/p+1/b28-16-/t22-,23-/m0/s1. The van der Waals surface area contributed by atoms with Crippen molar-refractivity contribution >= 4 is 18.0 Å². The zero-order valence-electron chi connectivity index (χ0n) is 17.4. The van der Waals surface area contributed by atoms with Crippen molar-refractivity contribution in [3.8, 4) is 5.75 Å². The molecule has 4 rings (SSSR count). The Hall–Kier alpha value is -3.93. The number of hydrazone groups is 1. The third-order valence-corrected chi connectivity index (χ3v) is 5.30. The van der Waals surface area contributed by atoms with E-state index in [9.17, 15) is 9.59 Å². The highest BCUT2D eigenvalue weighted by molar-refractivity contribution is 5.98. The molecule has 1 aliphatic rings. The number of aryl methyl sites for hydroxylation is 1.